The Labute approximate surface area is 178 Å². The number of aryl methyl sites for hydroxylation is 2. The first-order valence-corrected chi connectivity index (χ1v) is 11.2. The molecule has 5 rings (SSSR count). The molecule has 0 spiro atoms. The van der Waals surface area contributed by atoms with E-state index in [9.17, 15) is 4.79 Å². The number of hydrogen-bond acceptors (Lipinski definition) is 2. The van der Waals surface area contributed by atoms with Gasteiger partial charge in [-0.3, -0.25) is 4.79 Å². The molecule has 0 unspecified atom stereocenters. The van der Waals surface area contributed by atoms with Crippen LogP contribution in [0.1, 0.15) is 60.9 Å². The van der Waals surface area contributed by atoms with E-state index in [0.717, 1.165) is 29.5 Å². The molecule has 0 bridgehead atoms. The smallest absolute Gasteiger partial charge is 0.223 e. The van der Waals surface area contributed by atoms with Crippen molar-refractivity contribution in [1.82, 2.24) is 19.2 Å². The fraction of sp³-hybridized carbons (Fsp3) is 0.440. The number of nitrogens with zero attached hydrogens (tertiary/aromatic N) is 4. The van der Waals surface area contributed by atoms with Crippen LogP contribution in [0.15, 0.2) is 42.7 Å². The fourth-order valence-corrected chi connectivity index (χ4v) is 4.94. The van der Waals surface area contributed by atoms with E-state index in [1.807, 2.05) is 21.7 Å². The number of carbonyl (C=O) groups excluding carboxylic acids is 1. The summed E-state index contributed by atoms with van der Waals surface area (Å²) in [6.07, 6.45) is 11.1. The molecule has 0 radical (unpaired) electrons. The van der Waals surface area contributed by atoms with E-state index >= 15 is 0 Å². The predicted molar refractivity (Wildman–Crippen MR) is 118 cm³/mol. The molecule has 1 saturated carbocycles. The van der Waals surface area contributed by atoms with Crippen molar-refractivity contribution in [2.75, 3.05) is 0 Å². The van der Waals surface area contributed by atoms with E-state index in [0.29, 0.717) is 19.5 Å². The lowest BCUT2D eigenvalue weighted by molar-refractivity contribution is -0.132. The molecule has 1 aliphatic carbocycles. The third kappa shape index (κ3) is 3.47. The maximum atomic E-state index is 12.9. The van der Waals surface area contributed by atoms with Gasteiger partial charge in [0.05, 0.1) is 24.5 Å². The Hall–Kier alpha value is -2.82. The van der Waals surface area contributed by atoms with Crippen molar-refractivity contribution in [3.63, 3.8) is 0 Å². The van der Waals surface area contributed by atoms with Gasteiger partial charge in [-0.25, -0.2) is 4.68 Å². The summed E-state index contributed by atoms with van der Waals surface area (Å²) in [5.74, 6) is 2.07. The fourth-order valence-electron chi connectivity index (χ4n) is 4.94. The second-order valence-corrected chi connectivity index (χ2v) is 8.96. The van der Waals surface area contributed by atoms with Gasteiger partial charge in [-0.1, -0.05) is 31.7 Å². The maximum absolute atomic E-state index is 12.9. The van der Waals surface area contributed by atoms with Crippen molar-refractivity contribution in [3.8, 4) is 11.5 Å². The van der Waals surface area contributed by atoms with E-state index in [-0.39, 0.29) is 5.91 Å². The first kappa shape index (κ1) is 19.2. The average molecular weight is 403 g/mol. The number of fused-ring (bicyclic) bond motifs is 1. The van der Waals surface area contributed by atoms with Gasteiger partial charge >= 0.3 is 0 Å². The molecule has 30 heavy (non-hydrogen) atoms. The van der Waals surface area contributed by atoms with Crippen LogP contribution in [0.4, 0.5) is 0 Å². The second kappa shape index (κ2) is 7.78. The molecule has 1 amide bonds. The molecule has 2 aliphatic rings. The summed E-state index contributed by atoms with van der Waals surface area (Å²) < 4.78 is 4.16. The van der Waals surface area contributed by atoms with Crippen LogP contribution >= 0.6 is 0 Å². The molecule has 1 aliphatic heterocycles. The summed E-state index contributed by atoms with van der Waals surface area (Å²) in [6.45, 7) is 5.53. The van der Waals surface area contributed by atoms with Gasteiger partial charge < -0.3 is 9.47 Å². The van der Waals surface area contributed by atoms with Crippen LogP contribution in [0.3, 0.4) is 0 Å². The maximum Gasteiger partial charge on any atom is 0.223 e. The van der Waals surface area contributed by atoms with Crippen molar-refractivity contribution >= 4 is 5.91 Å². The third-order valence-electron chi connectivity index (χ3n) is 6.91. The standard InChI is InChI=1S/C25H30N4O/c1-18-9-11-21(15-19(18)2)29-25(27-13-5-6-14-27)22-16-28(17-23(22)26-29)24(30)12-10-20-7-3-4-8-20/h5-6,9,11,13-15,20H,3-4,7-8,10,12,16-17H2,1-2H3. The number of hydrogen-bond donors (Lipinski definition) is 0. The van der Waals surface area contributed by atoms with Gasteiger partial charge in [0.25, 0.3) is 0 Å². The SMILES string of the molecule is Cc1ccc(-n2nc3c(c2-n2cccc2)CN(C(=O)CCC2CCCC2)C3)cc1C. The van der Waals surface area contributed by atoms with Crippen molar-refractivity contribution < 1.29 is 4.79 Å². The lowest BCUT2D eigenvalue weighted by Crippen LogP contribution is -2.26. The van der Waals surface area contributed by atoms with Crippen LogP contribution < -0.4 is 0 Å². The topological polar surface area (TPSA) is 43.1 Å². The quantitative estimate of drug-likeness (QED) is 0.596. The Morgan fingerprint density at radius 2 is 1.83 bits per heavy atom. The molecular weight excluding hydrogens is 372 g/mol. The number of carbonyl (C=O) groups is 1. The molecule has 156 valence electrons. The number of benzene rings is 1. The summed E-state index contributed by atoms with van der Waals surface area (Å²) in [5.41, 5.74) is 5.78. The monoisotopic (exact) mass is 402 g/mol. The van der Waals surface area contributed by atoms with E-state index < -0.39 is 0 Å². The van der Waals surface area contributed by atoms with Crippen molar-refractivity contribution in [2.24, 2.45) is 5.92 Å². The lowest BCUT2D eigenvalue weighted by Gasteiger charge is -2.18. The zero-order chi connectivity index (χ0) is 20.7. The zero-order valence-corrected chi connectivity index (χ0v) is 18.0. The van der Waals surface area contributed by atoms with Gasteiger partial charge in [0, 0.05) is 24.4 Å². The molecular formula is C25H30N4O. The van der Waals surface area contributed by atoms with Gasteiger partial charge in [0.2, 0.25) is 5.91 Å². The number of amides is 1. The van der Waals surface area contributed by atoms with Gasteiger partial charge in [0.1, 0.15) is 5.82 Å². The van der Waals surface area contributed by atoms with Gasteiger partial charge in [-0.2, -0.15) is 5.10 Å². The molecule has 0 saturated heterocycles. The predicted octanol–water partition coefficient (Wildman–Crippen LogP) is 5.09. The van der Waals surface area contributed by atoms with Crippen LogP contribution in [0.5, 0.6) is 0 Å². The Bertz CT molecular complexity index is 1060. The molecule has 1 fully saturated rings. The molecule has 3 heterocycles. The van der Waals surface area contributed by atoms with Crippen molar-refractivity contribution in [1.29, 1.82) is 0 Å². The van der Waals surface area contributed by atoms with Crippen LogP contribution in [0.2, 0.25) is 0 Å². The third-order valence-corrected chi connectivity index (χ3v) is 6.91. The van der Waals surface area contributed by atoms with E-state index in [4.69, 9.17) is 5.10 Å². The molecule has 1 aromatic carbocycles. The second-order valence-electron chi connectivity index (χ2n) is 8.96. The Morgan fingerprint density at radius 1 is 1.07 bits per heavy atom. The van der Waals surface area contributed by atoms with E-state index in [1.54, 1.807) is 0 Å². The van der Waals surface area contributed by atoms with Crippen LogP contribution in [0.25, 0.3) is 11.5 Å². The molecule has 5 nitrogen and oxygen atoms in total. The van der Waals surface area contributed by atoms with Crippen LogP contribution in [-0.4, -0.2) is 25.2 Å². The summed E-state index contributed by atoms with van der Waals surface area (Å²) in [7, 11) is 0. The molecule has 2 aromatic heterocycles. The normalized spacial score (nSPS) is 16.4. The minimum Gasteiger partial charge on any atom is -0.332 e. The Morgan fingerprint density at radius 3 is 2.57 bits per heavy atom. The zero-order valence-electron chi connectivity index (χ0n) is 18.0. The lowest BCUT2D eigenvalue weighted by atomic mass is 10.0. The first-order chi connectivity index (χ1) is 14.6. The highest BCUT2D eigenvalue weighted by Crippen LogP contribution is 2.33. The molecule has 5 heteroatoms. The highest BCUT2D eigenvalue weighted by atomic mass is 16.2. The largest absolute Gasteiger partial charge is 0.332 e. The van der Waals surface area contributed by atoms with Gasteiger partial charge in [0.15, 0.2) is 0 Å². The Balaban J connectivity index is 1.42. The van der Waals surface area contributed by atoms with E-state index in [2.05, 4.69) is 49.0 Å². The minimum absolute atomic E-state index is 0.274. The van der Waals surface area contributed by atoms with E-state index in [1.165, 1.54) is 42.4 Å². The molecule has 3 aromatic rings. The summed E-state index contributed by atoms with van der Waals surface area (Å²) in [6, 6.07) is 10.5. The average Bonchev–Trinajstić information content (AvgIpc) is 3.51. The molecule has 0 atom stereocenters. The minimum atomic E-state index is 0.274. The van der Waals surface area contributed by atoms with Gasteiger partial charge in [-0.15, -0.1) is 0 Å². The summed E-state index contributed by atoms with van der Waals surface area (Å²) >= 11 is 0. The number of aromatic nitrogens is 3. The van der Waals surface area contributed by atoms with Crippen LogP contribution in [0, 0.1) is 19.8 Å². The first-order valence-electron chi connectivity index (χ1n) is 11.2. The molecule has 0 N–H and O–H groups in total. The Kier molecular flexibility index (Phi) is 4.97. The number of rotatable bonds is 5. The van der Waals surface area contributed by atoms with Gasteiger partial charge in [-0.05, 0) is 61.6 Å². The summed E-state index contributed by atoms with van der Waals surface area (Å²) in [4.78, 5) is 14.9. The van der Waals surface area contributed by atoms with Crippen LogP contribution in [-0.2, 0) is 17.9 Å². The van der Waals surface area contributed by atoms with Crippen molar-refractivity contribution in [3.05, 3.63) is 65.1 Å². The highest BCUT2D eigenvalue weighted by Gasteiger charge is 2.31. The summed E-state index contributed by atoms with van der Waals surface area (Å²) in [5, 5.41) is 4.96. The van der Waals surface area contributed by atoms with Crippen molar-refractivity contribution in [2.45, 2.75) is 65.5 Å². The highest BCUT2D eigenvalue weighted by molar-refractivity contribution is 5.77.